The molecule has 0 aliphatic rings. The van der Waals surface area contributed by atoms with Gasteiger partial charge in [-0.25, -0.2) is 4.79 Å². The van der Waals surface area contributed by atoms with E-state index in [1.807, 2.05) is 13.8 Å². The molecule has 0 N–H and O–H groups in total. The fraction of sp³-hybridized carbons (Fsp3) is 0.833. The highest BCUT2D eigenvalue weighted by Gasteiger charge is 2.15. The van der Waals surface area contributed by atoms with Gasteiger partial charge in [0.1, 0.15) is 6.10 Å². The summed E-state index contributed by atoms with van der Waals surface area (Å²) in [6, 6.07) is 0. The lowest BCUT2D eigenvalue weighted by atomic mass is 10.2. The van der Waals surface area contributed by atoms with E-state index in [1.165, 1.54) is 0 Å². The third-order valence-corrected chi connectivity index (χ3v) is 2.38. The van der Waals surface area contributed by atoms with Crippen molar-refractivity contribution in [3.05, 3.63) is 0 Å². The number of esters is 1. The van der Waals surface area contributed by atoms with Gasteiger partial charge in [-0.05, 0) is 34.1 Å². The third kappa shape index (κ3) is 6.81. The van der Waals surface area contributed by atoms with Crippen LogP contribution in [0.2, 0.25) is 0 Å². The maximum Gasteiger partial charge on any atom is 0.409 e. The van der Waals surface area contributed by atoms with Crippen LogP contribution in [0.1, 0.15) is 40.5 Å². The molecule has 1 amide bonds. The van der Waals surface area contributed by atoms with Crippen LogP contribution in [-0.4, -0.2) is 42.8 Å². The molecule has 0 aromatic carbocycles. The molecule has 0 rings (SSSR count). The zero-order valence-corrected chi connectivity index (χ0v) is 11.2. The summed E-state index contributed by atoms with van der Waals surface area (Å²) in [5.74, 6) is -0.252. The first-order chi connectivity index (χ1) is 8.04. The average Bonchev–Trinajstić information content (AvgIpc) is 2.28. The predicted octanol–water partition coefficient (Wildman–Crippen LogP) is 2.20. The largest absolute Gasteiger partial charge is 0.466 e. The number of carbonyl (C=O) groups is 2. The Balaban J connectivity index is 3.89. The fourth-order valence-corrected chi connectivity index (χ4v) is 1.34. The van der Waals surface area contributed by atoms with Crippen molar-refractivity contribution in [2.75, 3.05) is 19.7 Å². The van der Waals surface area contributed by atoms with Gasteiger partial charge < -0.3 is 14.4 Å². The summed E-state index contributed by atoms with van der Waals surface area (Å²) in [6.45, 7) is 8.97. The van der Waals surface area contributed by atoms with Crippen molar-refractivity contribution in [1.29, 1.82) is 0 Å². The van der Waals surface area contributed by atoms with E-state index in [9.17, 15) is 9.59 Å². The van der Waals surface area contributed by atoms with Crippen molar-refractivity contribution in [3.63, 3.8) is 0 Å². The summed E-state index contributed by atoms with van der Waals surface area (Å²) in [6.07, 6.45) is 0.172. The third-order valence-electron chi connectivity index (χ3n) is 2.38. The molecule has 0 aliphatic heterocycles. The molecule has 0 aromatic rings. The number of hydrogen-bond donors (Lipinski definition) is 0. The van der Waals surface area contributed by atoms with Gasteiger partial charge in [0.2, 0.25) is 0 Å². The summed E-state index contributed by atoms with van der Waals surface area (Å²) in [5.41, 5.74) is 0. The van der Waals surface area contributed by atoms with Crippen molar-refractivity contribution >= 4 is 12.1 Å². The first-order valence-electron chi connectivity index (χ1n) is 6.16. The van der Waals surface area contributed by atoms with Gasteiger partial charge in [-0.3, -0.25) is 4.79 Å². The lowest BCUT2D eigenvalue weighted by Crippen LogP contribution is -2.33. The predicted molar refractivity (Wildman–Crippen MR) is 64.7 cm³/mol. The minimum absolute atomic E-state index is 0.252. The highest BCUT2D eigenvalue weighted by Crippen LogP contribution is 2.05. The molecule has 0 radical (unpaired) electrons. The van der Waals surface area contributed by atoms with E-state index in [-0.39, 0.29) is 24.6 Å². The Kier molecular flexibility index (Phi) is 8.19. The zero-order valence-electron chi connectivity index (χ0n) is 11.2. The molecule has 5 nitrogen and oxygen atoms in total. The summed E-state index contributed by atoms with van der Waals surface area (Å²) in [5, 5.41) is 0. The van der Waals surface area contributed by atoms with Crippen LogP contribution in [0, 0.1) is 0 Å². The van der Waals surface area contributed by atoms with Crippen molar-refractivity contribution in [2.24, 2.45) is 0 Å². The molecule has 0 aromatic heterocycles. The summed E-state index contributed by atoms with van der Waals surface area (Å²) >= 11 is 0. The van der Waals surface area contributed by atoms with E-state index in [2.05, 4.69) is 0 Å². The van der Waals surface area contributed by atoms with Crippen LogP contribution in [0.25, 0.3) is 0 Å². The second-order valence-electron chi connectivity index (χ2n) is 3.71. The molecular formula is C12H23NO4. The Labute approximate surface area is 103 Å². The first-order valence-corrected chi connectivity index (χ1v) is 6.16. The monoisotopic (exact) mass is 245 g/mol. The van der Waals surface area contributed by atoms with Crippen molar-refractivity contribution in [1.82, 2.24) is 4.90 Å². The summed E-state index contributed by atoms with van der Waals surface area (Å²) in [7, 11) is 0. The van der Waals surface area contributed by atoms with E-state index in [4.69, 9.17) is 9.47 Å². The number of rotatable bonds is 7. The second-order valence-corrected chi connectivity index (χ2v) is 3.71. The van der Waals surface area contributed by atoms with Gasteiger partial charge in [-0.2, -0.15) is 0 Å². The number of ether oxygens (including phenoxy) is 2. The Morgan fingerprint density at radius 3 is 2.24 bits per heavy atom. The average molecular weight is 245 g/mol. The molecule has 0 spiro atoms. The molecule has 0 fully saturated rings. The SMILES string of the molecule is CCOC(=O)CCC(C)OC(=O)N(CC)CC. The van der Waals surface area contributed by atoms with Crippen LogP contribution in [-0.2, 0) is 14.3 Å². The quantitative estimate of drug-likeness (QED) is 0.645. The lowest BCUT2D eigenvalue weighted by molar-refractivity contribution is -0.143. The van der Waals surface area contributed by atoms with Crippen molar-refractivity contribution in [2.45, 2.75) is 46.6 Å². The molecule has 1 atom stereocenters. The number of carbonyl (C=O) groups excluding carboxylic acids is 2. The number of hydrogen-bond acceptors (Lipinski definition) is 4. The minimum atomic E-state index is -0.327. The summed E-state index contributed by atoms with van der Waals surface area (Å²) in [4.78, 5) is 24.3. The first kappa shape index (κ1) is 15.7. The van der Waals surface area contributed by atoms with E-state index in [0.29, 0.717) is 26.1 Å². The summed E-state index contributed by atoms with van der Waals surface area (Å²) < 4.78 is 10.00. The van der Waals surface area contributed by atoms with Gasteiger partial charge in [0.15, 0.2) is 0 Å². The van der Waals surface area contributed by atoms with Crippen LogP contribution < -0.4 is 0 Å². The number of nitrogens with zero attached hydrogens (tertiary/aromatic N) is 1. The van der Waals surface area contributed by atoms with E-state index >= 15 is 0 Å². The van der Waals surface area contributed by atoms with Gasteiger partial charge in [0, 0.05) is 19.5 Å². The molecule has 0 heterocycles. The molecule has 0 saturated heterocycles. The second kappa shape index (κ2) is 8.84. The Morgan fingerprint density at radius 1 is 1.18 bits per heavy atom. The highest BCUT2D eigenvalue weighted by atomic mass is 16.6. The van der Waals surface area contributed by atoms with Crippen molar-refractivity contribution in [3.8, 4) is 0 Å². The molecule has 0 bridgehead atoms. The normalized spacial score (nSPS) is 11.8. The van der Waals surface area contributed by atoms with E-state index in [1.54, 1.807) is 18.7 Å². The van der Waals surface area contributed by atoms with Crippen molar-refractivity contribution < 1.29 is 19.1 Å². The smallest absolute Gasteiger partial charge is 0.409 e. The van der Waals surface area contributed by atoms with Gasteiger partial charge >= 0.3 is 12.1 Å². The lowest BCUT2D eigenvalue weighted by Gasteiger charge is -2.21. The van der Waals surface area contributed by atoms with E-state index in [0.717, 1.165) is 0 Å². The molecule has 5 heteroatoms. The van der Waals surface area contributed by atoms with Crippen LogP contribution in [0.4, 0.5) is 4.79 Å². The van der Waals surface area contributed by atoms with Crippen LogP contribution in [0.15, 0.2) is 0 Å². The topological polar surface area (TPSA) is 55.8 Å². The van der Waals surface area contributed by atoms with E-state index < -0.39 is 0 Å². The fourth-order valence-electron chi connectivity index (χ4n) is 1.34. The molecule has 0 aliphatic carbocycles. The van der Waals surface area contributed by atoms with Crippen LogP contribution in [0.5, 0.6) is 0 Å². The Morgan fingerprint density at radius 2 is 1.76 bits per heavy atom. The zero-order chi connectivity index (χ0) is 13.3. The minimum Gasteiger partial charge on any atom is -0.466 e. The highest BCUT2D eigenvalue weighted by molar-refractivity contribution is 5.69. The van der Waals surface area contributed by atoms with Gasteiger partial charge in [0.25, 0.3) is 0 Å². The van der Waals surface area contributed by atoms with Gasteiger partial charge in [-0.1, -0.05) is 0 Å². The number of amides is 1. The van der Waals surface area contributed by atoms with Gasteiger partial charge in [0.05, 0.1) is 6.61 Å². The Hall–Kier alpha value is -1.26. The molecule has 17 heavy (non-hydrogen) atoms. The van der Waals surface area contributed by atoms with Gasteiger partial charge in [-0.15, -0.1) is 0 Å². The molecular weight excluding hydrogens is 222 g/mol. The Bertz CT molecular complexity index is 239. The maximum atomic E-state index is 11.6. The standard InChI is InChI=1S/C12H23NO4/c1-5-13(6-2)12(15)17-10(4)8-9-11(14)16-7-3/h10H,5-9H2,1-4H3. The molecule has 100 valence electrons. The molecule has 1 unspecified atom stereocenters. The maximum absolute atomic E-state index is 11.6. The molecule has 0 saturated carbocycles. The van der Waals surface area contributed by atoms with Crippen LogP contribution >= 0.6 is 0 Å². The van der Waals surface area contributed by atoms with Crippen LogP contribution in [0.3, 0.4) is 0 Å².